The molecule has 2 aromatic carbocycles. The molecule has 138 valence electrons. The highest BCUT2D eigenvalue weighted by atomic mass is 16.5. The van der Waals surface area contributed by atoms with E-state index in [2.05, 4.69) is 5.32 Å². The van der Waals surface area contributed by atoms with Crippen molar-refractivity contribution in [1.82, 2.24) is 4.90 Å². The minimum absolute atomic E-state index is 0.0390. The lowest BCUT2D eigenvalue weighted by Crippen LogP contribution is -2.38. The van der Waals surface area contributed by atoms with E-state index < -0.39 is 0 Å². The highest BCUT2D eigenvalue weighted by Crippen LogP contribution is 2.16. The summed E-state index contributed by atoms with van der Waals surface area (Å²) in [6, 6.07) is 15.4. The van der Waals surface area contributed by atoms with E-state index >= 15 is 0 Å². The average Bonchev–Trinajstić information content (AvgIpc) is 2.65. The molecule has 2 aromatic rings. The van der Waals surface area contributed by atoms with Gasteiger partial charge in [0.2, 0.25) is 11.8 Å². The van der Waals surface area contributed by atoms with E-state index in [0.717, 1.165) is 29.0 Å². The highest BCUT2D eigenvalue weighted by molar-refractivity contribution is 5.94. The Balaban J connectivity index is 1.96. The molecule has 5 nitrogen and oxygen atoms in total. The molecule has 2 amide bonds. The largest absolute Gasteiger partial charge is 0.497 e. The van der Waals surface area contributed by atoms with Crippen LogP contribution in [-0.4, -0.2) is 36.9 Å². The van der Waals surface area contributed by atoms with Crippen LogP contribution < -0.4 is 10.1 Å². The lowest BCUT2D eigenvalue weighted by molar-refractivity contribution is -0.132. The molecule has 0 aromatic heterocycles. The first-order valence-corrected chi connectivity index (χ1v) is 8.79. The van der Waals surface area contributed by atoms with Gasteiger partial charge < -0.3 is 15.0 Å². The summed E-state index contributed by atoms with van der Waals surface area (Å²) in [5.74, 6) is 0.476. The Morgan fingerprint density at radius 2 is 1.88 bits per heavy atom. The Bertz CT molecular complexity index is 758. The zero-order valence-corrected chi connectivity index (χ0v) is 15.6. The van der Waals surface area contributed by atoms with Crippen LogP contribution >= 0.6 is 0 Å². The van der Waals surface area contributed by atoms with Gasteiger partial charge in [0.05, 0.1) is 13.7 Å². The molecule has 0 fully saturated rings. The molecule has 2 rings (SSSR count). The van der Waals surface area contributed by atoms with E-state index in [-0.39, 0.29) is 18.4 Å². The van der Waals surface area contributed by atoms with Gasteiger partial charge in [-0.2, -0.15) is 0 Å². The lowest BCUT2D eigenvalue weighted by Gasteiger charge is -2.21. The number of para-hydroxylation sites is 1. The second-order valence-electron chi connectivity index (χ2n) is 6.10. The van der Waals surface area contributed by atoms with E-state index in [0.29, 0.717) is 13.0 Å². The van der Waals surface area contributed by atoms with Gasteiger partial charge in [0.15, 0.2) is 0 Å². The van der Waals surface area contributed by atoms with Crippen LogP contribution in [0, 0.1) is 0 Å². The summed E-state index contributed by atoms with van der Waals surface area (Å²) in [6.45, 7) is 4.04. The first-order valence-electron chi connectivity index (χ1n) is 8.79. The number of carbonyl (C=O) groups is 2. The van der Waals surface area contributed by atoms with Crippen LogP contribution in [0.5, 0.6) is 5.75 Å². The molecular formula is C21H26N2O3. The summed E-state index contributed by atoms with van der Waals surface area (Å²) < 4.78 is 5.22. The second kappa shape index (κ2) is 9.61. The highest BCUT2D eigenvalue weighted by Gasteiger charge is 2.14. The van der Waals surface area contributed by atoms with Crippen LogP contribution in [0.2, 0.25) is 0 Å². The summed E-state index contributed by atoms with van der Waals surface area (Å²) in [4.78, 5) is 25.9. The van der Waals surface area contributed by atoms with Crippen molar-refractivity contribution in [3.05, 3.63) is 59.7 Å². The van der Waals surface area contributed by atoms with Crippen LogP contribution in [0.15, 0.2) is 48.5 Å². The minimum Gasteiger partial charge on any atom is -0.497 e. The zero-order valence-electron chi connectivity index (χ0n) is 15.6. The van der Waals surface area contributed by atoms with Crippen LogP contribution in [0.1, 0.15) is 25.0 Å². The van der Waals surface area contributed by atoms with Crippen molar-refractivity contribution in [2.75, 3.05) is 25.5 Å². The maximum Gasteiger partial charge on any atom is 0.244 e. The van der Waals surface area contributed by atoms with Gasteiger partial charge in [-0.3, -0.25) is 9.59 Å². The number of nitrogens with one attached hydrogen (secondary N) is 1. The Kier molecular flexibility index (Phi) is 7.21. The van der Waals surface area contributed by atoms with E-state index in [9.17, 15) is 9.59 Å². The Labute approximate surface area is 155 Å². The number of carbonyl (C=O) groups excluding carboxylic acids is 2. The van der Waals surface area contributed by atoms with Crippen molar-refractivity contribution in [3.63, 3.8) is 0 Å². The third-order valence-electron chi connectivity index (χ3n) is 4.26. The summed E-state index contributed by atoms with van der Waals surface area (Å²) in [5.41, 5.74) is 2.94. The number of hydrogen-bond acceptors (Lipinski definition) is 3. The predicted octanol–water partition coefficient (Wildman–Crippen LogP) is 3.29. The van der Waals surface area contributed by atoms with Gasteiger partial charge in [0.1, 0.15) is 5.75 Å². The molecular weight excluding hydrogens is 328 g/mol. The van der Waals surface area contributed by atoms with E-state index in [1.54, 1.807) is 12.0 Å². The van der Waals surface area contributed by atoms with Gasteiger partial charge in [0.25, 0.3) is 0 Å². The number of aryl methyl sites for hydroxylation is 1. The Hall–Kier alpha value is -2.82. The van der Waals surface area contributed by atoms with Crippen molar-refractivity contribution in [2.24, 2.45) is 0 Å². The van der Waals surface area contributed by atoms with Gasteiger partial charge in [-0.05, 0) is 42.2 Å². The van der Waals surface area contributed by atoms with Crippen LogP contribution in [0.3, 0.4) is 0 Å². The molecule has 0 spiro atoms. The van der Waals surface area contributed by atoms with Gasteiger partial charge >= 0.3 is 0 Å². The number of amides is 2. The van der Waals surface area contributed by atoms with E-state index in [4.69, 9.17) is 4.74 Å². The third-order valence-corrected chi connectivity index (χ3v) is 4.26. The van der Waals surface area contributed by atoms with Crippen molar-refractivity contribution in [3.8, 4) is 5.75 Å². The number of methoxy groups -OCH3 is 1. The van der Waals surface area contributed by atoms with Gasteiger partial charge in [-0.25, -0.2) is 0 Å². The van der Waals surface area contributed by atoms with E-state index in [1.807, 2.05) is 55.5 Å². The van der Waals surface area contributed by atoms with Crippen LogP contribution in [0.4, 0.5) is 5.69 Å². The fraction of sp³-hybridized carbons (Fsp3) is 0.333. The topological polar surface area (TPSA) is 58.6 Å². The quantitative estimate of drug-likeness (QED) is 0.791. The van der Waals surface area contributed by atoms with Crippen molar-refractivity contribution in [2.45, 2.75) is 26.7 Å². The van der Waals surface area contributed by atoms with Gasteiger partial charge in [-0.15, -0.1) is 0 Å². The van der Waals surface area contributed by atoms with Gasteiger partial charge in [-0.1, -0.05) is 37.3 Å². The number of nitrogens with zero attached hydrogens (tertiary/aromatic N) is 1. The second-order valence-corrected chi connectivity index (χ2v) is 6.10. The molecule has 0 atom stereocenters. The van der Waals surface area contributed by atoms with Crippen LogP contribution in [-0.2, 0) is 22.4 Å². The predicted molar refractivity (Wildman–Crippen MR) is 103 cm³/mol. The molecule has 0 unspecified atom stereocenters. The molecule has 0 aliphatic heterocycles. The fourth-order valence-corrected chi connectivity index (χ4v) is 2.75. The maximum atomic E-state index is 12.4. The van der Waals surface area contributed by atoms with Gasteiger partial charge in [0, 0.05) is 19.2 Å². The lowest BCUT2D eigenvalue weighted by atomic mass is 10.1. The first-order chi connectivity index (χ1) is 12.5. The minimum atomic E-state index is -0.188. The van der Waals surface area contributed by atoms with Crippen molar-refractivity contribution >= 4 is 17.5 Å². The number of rotatable bonds is 8. The average molecular weight is 354 g/mol. The monoisotopic (exact) mass is 354 g/mol. The number of benzene rings is 2. The van der Waals surface area contributed by atoms with Crippen molar-refractivity contribution < 1.29 is 14.3 Å². The summed E-state index contributed by atoms with van der Waals surface area (Å²) in [7, 11) is 1.62. The molecule has 5 heteroatoms. The maximum absolute atomic E-state index is 12.4. The molecule has 26 heavy (non-hydrogen) atoms. The standard InChI is InChI=1S/C21H26N2O3/c1-4-18-9-5-6-11-20(18)22-21(25)15-23(16(2)24)13-12-17-8-7-10-19(14-17)26-3/h5-11,14H,4,12-13,15H2,1-3H3,(H,22,25). The molecule has 0 aliphatic carbocycles. The smallest absolute Gasteiger partial charge is 0.244 e. The first kappa shape index (κ1) is 19.5. The summed E-state index contributed by atoms with van der Waals surface area (Å²) in [6.07, 6.45) is 1.50. The molecule has 0 heterocycles. The normalized spacial score (nSPS) is 10.3. The summed E-state index contributed by atoms with van der Waals surface area (Å²) >= 11 is 0. The van der Waals surface area contributed by atoms with Crippen molar-refractivity contribution in [1.29, 1.82) is 0 Å². The molecule has 0 aliphatic rings. The van der Waals surface area contributed by atoms with Crippen LogP contribution in [0.25, 0.3) is 0 Å². The Morgan fingerprint density at radius 3 is 2.58 bits per heavy atom. The molecule has 0 saturated heterocycles. The third kappa shape index (κ3) is 5.62. The SMILES string of the molecule is CCc1ccccc1NC(=O)CN(CCc1cccc(OC)c1)C(C)=O. The molecule has 0 saturated carbocycles. The zero-order chi connectivity index (χ0) is 18.9. The molecule has 0 bridgehead atoms. The number of hydrogen-bond donors (Lipinski definition) is 1. The fourth-order valence-electron chi connectivity index (χ4n) is 2.75. The molecule has 1 N–H and O–H groups in total. The Morgan fingerprint density at radius 1 is 1.12 bits per heavy atom. The number of ether oxygens (including phenoxy) is 1. The number of anilines is 1. The molecule has 0 radical (unpaired) electrons. The van der Waals surface area contributed by atoms with E-state index in [1.165, 1.54) is 6.92 Å². The summed E-state index contributed by atoms with van der Waals surface area (Å²) in [5, 5.41) is 2.91.